The summed E-state index contributed by atoms with van der Waals surface area (Å²) in [6.45, 7) is 6.23. The molecule has 0 N–H and O–H groups in total. The first kappa shape index (κ1) is 21.6. The van der Waals surface area contributed by atoms with Crippen molar-refractivity contribution in [2.24, 2.45) is 0 Å². The normalized spacial score (nSPS) is 15.4. The van der Waals surface area contributed by atoms with Crippen molar-refractivity contribution in [1.29, 1.82) is 0 Å². The van der Waals surface area contributed by atoms with Gasteiger partial charge in [-0.3, -0.25) is 0 Å². The maximum absolute atomic E-state index is 12.5. The van der Waals surface area contributed by atoms with E-state index in [4.69, 9.17) is 9.15 Å². The van der Waals surface area contributed by atoms with Crippen LogP contribution in [0.3, 0.4) is 0 Å². The van der Waals surface area contributed by atoms with Crippen molar-refractivity contribution >= 4 is 40.6 Å². The SMILES string of the molecule is CCCc1cc(=O)oc2cc(-c3cccc4c3Sc3ccccc3S4)c3c(c12)OC(C)(C)C=C3. The van der Waals surface area contributed by atoms with Gasteiger partial charge in [0.05, 0.1) is 5.39 Å². The second-order valence-electron chi connectivity index (χ2n) is 9.20. The minimum atomic E-state index is -0.447. The van der Waals surface area contributed by atoms with E-state index in [1.54, 1.807) is 29.6 Å². The van der Waals surface area contributed by atoms with Crippen LogP contribution in [-0.2, 0) is 6.42 Å². The number of rotatable bonds is 3. The molecule has 0 saturated heterocycles. The molecular formula is C29H24O3S2. The Morgan fingerprint density at radius 3 is 2.47 bits per heavy atom. The smallest absolute Gasteiger partial charge is 0.336 e. The Hall–Kier alpha value is -2.89. The quantitative estimate of drug-likeness (QED) is 0.241. The van der Waals surface area contributed by atoms with Crippen LogP contribution in [0.15, 0.2) is 89.5 Å². The van der Waals surface area contributed by atoms with Crippen LogP contribution in [0.25, 0.3) is 28.2 Å². The fourth-order valence-electron chi connectivity index (χ4n) is 4.69. The van der Waals surface area contributed by atoms with Crippen molar-refractivity contribution in [3.63, 3.8) is 0 Å². The van der Waals surface area contributed by atoms with Gasteiger partial charge in [0.25, 0.3) is 0 Å². The Bertz CT molecular complexity index is 1550. The van der Waals surface area contributed by atoms with Crippen LogP contribution < -0.4 is 10.4 Å². The summed E-state index contributed by atoms with van der Waals surface area (Å²) in [5.41, 5.74) is 3.99. The van der Waals surface area contributed by atoms with Crippen LogP contribution in [0.4, 0.5) is 0 Å². The Morgan fingerprint density at radius 1 is 0.912 bits per heavy atom. The molecule has 34 heavy (non-hydrogen) atoms. The van der Waals surface area contributed by atoms with Crippen LogP contribution >= 0.6 is 23.5 Å². The van der Waals surface area contributed by atoms with E-state index >= 15 is 0 Å². The maximum Gasteiger partial charge on any atom is 0.336 e. The lowest BCUT2D eigenvalue weighted by atomic mass is 9.91. The van der Waals surface area contributed by atoms with E-state index in [2.05, 4.69) is 75.4 Å². The zero-order chi connectivity index (χ0) is 23.4. The van der Waals surface area contributed by atoms with Gasteiger partial charge in [0.1, 0.15) is 16.9 Å². The summed E-state index contributed by atoms with van der Waals surface area (Å²) in [6, 6.07) is 18.6. The third-order valence-electron chi connectivity index (χ3n) is 6.19. The first-order valence-corrected chi connectivity index (χ1v) is 13.2. The Labute approximate surface area is 207 Å². The molecule has 3 heterocycles. The predicted octanol–water partition coefficient (Wildman–Crippen LogP) is 8.21. The fraction of sp³-hybridized carbons (Fsp3) is 0.207. The third-order valence-corrected chi connectivity index (χ3v) is 8.81. The van der Waals surface area contributed by atoms with E-state index < -0.39 is 5.60 Å². The average Bonchev–Trinajstić information content (AvgIpc) is 2.81. The van der Waals surface area contributed by atoms with E-state index in [1.807, 2.05) is 6.07 Å². The first-order valence-electron chi connectivity index (χ1n) is 11.5. The molecule has 0 saturated carbocycles. The minimum Gasteiger partial charge on any atom is -0.482 e. The Kier molecular flexibility index (Phi) is 5.16. The molecule has 0 unspecified atom stereocenters. The van der Waals surface area contributed by atoms with Gasteiger partial charge in [-0.2, -0.15) is 0 Å². The highest BCUT2D eigenvalue weighted by atomic mass is 32.2. The molecule has 0 amide bonds. The summed E-state index contributed by atoms with van der Waals surface area (Å²) in [7, 11) is 0. The van der Waals surface area contributed by atoms with E-state index in [0.29, 0.717) is 5.58 Å². The van der Waals surface area contributed by atoms with Gasteiger partial charge in [0, 0.05) is 31.2 Å². The minimum absolute atomic E-state index is 0.318. The molecule has 2 aliphatic rings. The number of hydrogen-bond donors (Lipinski definition) is 0. The van der Waals surface area contributed by atoms with E-state index in [0.717, 1.165) is 46.2 Å². The van der Waals surface area contributed by atoms with Gasteiger partial charge < -0.3 is 9.15 Å². The lowest BCUT2D eigenvalue weighted by Crippen LogP contribution is -2.28. The van der Waals surface area contributed by atoms with E-state index in [-0.39, 0.29) is 5.63 Å². The van der Waals surface area contributed by atoms with Crippen LogP contribution in [0, 0.1) is 0 Å². The maximum atomic E-state index is 12.5. The average molecular weight is 485 g/mol. The first-order chi connectivity index (χ1) is 16.4. The van der Waals surface area contributed by atoms with Gasteiger partial charge in [0.2, 0.25) is 0 Å². The molecule has 0 aliphatic carbocycles. The molecule has 170 valence electrons. The van der Waals surface area contributed by atoms with Gasteiger partial charge >= 0.3 is 5.63 Å². The molecule has 0 spiro atoms. The van der Waals surface area contributed by atoms with Gasteiger partial charge in [-0.1, -0.05) is 67.2 Å². The van der Waals surface area contributed by atoms with Crippen molar-refractivity contribution in [2.45, 2.75) is 58.8 Å². The van der Waals surface area contributed by atoms with Crippen molar-refractivity contribution in [3.8, 4) is 16.9 Å². The fourth-order valence-corrected chi connectivity index (χ4v) is 7.08. The Morgan fingerprint density at radius 2 is 1.68 bits per heavy atom. The largest absolute Gasteiger partial charge is 0.482 e. The standard InChI is InChI=1S/C29H24O3S2/c1-4-8-17-15-25(30)31-21-16-20(18-13-14-29(2,3)32-27(18)26(17)21)19-9-7-12-24-28(19)34-23-11-6-5-10-22(23)33-24/h5-7,9-16H,4,8H2,1-3H3. The molecule has 6 rings (SSSR count). The summed E-state index contributed by atoms with van der Waals surface area (Å²) in [4.78, 5) is 17.4. The highest BCUT2D eigenvalue weighted by Crippen LogP contribution is 2.53. The highest BCUT2D eigenvalue weighted by molar-refractivity contribution is 8.05. The molecule has 1 aromatic heterocycles. The number of benzene rings is 3. The molecule has 3 aromatic carbocycles. The zero-order valence-corrected chi connectivity index (χ0v) is 20.9. The summed E-state index contributed by atoms with van der Waals surface area (Å²) in [5, 5.41) is 0.912. The second kappa shape index (κ2) is 8.10. The predicted molar refractivity (Wildman–Crippen MR) is 140 cm³/mol. The van der Waals surface area contributed by atoms with Crippen LogP contribution in [0.1, 0.15) is 38.3 Å². The molecular weight excluding hydrogens is 460 g/mol. The second-order valence-corrected chi connectivity index (χ2v) is 11.3. The van der Waals surface area contributed by atoms with Crippen molar-refractivity contribution in [2.75, 3.05) is 0 Å². The summed E-state index contributed by atoms with van der Waals surface area (Å²) < 4.78 is 12.3. The Balaban J connectivity index is 1.64. The number of aryl methyl sites for hydroxylation is 1. The topological polar surface area (TPSA) is 39.4 Å². The number of fused-ring (bicyclic) bond motifs is 5. The monoisotopic (exact) mass is 484 g/mol. The van der Waals surface area contributed by atoms with Crippen LogP contribution in [0.2, 0.25) is 0 Å². The van der Waals surface area contributed by atoms with Gasteiger partial charge in [-0.25, -0.2) is 4.79 Å². The molecule has 4 aromatic rings. The zero-order valence-electron chi connectivity index (χ0n) is 19.3. The third kappa shape index (κ3) is 3.58. The molecule has 5 heteroatoms. The van der Waals surface area contributed by atoms with Crippen LogP contribution in [0.5, 0.6) is 5.75 Å². The molecule has 0 radical (unpaired) electrons. The van der Waals surface area contributed by atoms with Crippen molar-refractivity contribution in [3.05, 3.63) is 82.2 Å². The molecule has 2 aliphatic heterocycles. The van der Waals surface area contributed by atoms with Gasteiger partial charge in [-0.15, -0.1) is 0 Å². The van der Waals surface area contributed by atoms with Gasteiger partial charge in [0.15, 0.2) is 0 Å². The molecule has 0 atom stereocenters. The highest BCUT2D eigenvalue weighted by Gasteiger charge is 2.29. The summed E-state index contributed by atoms with van der Waals surface area (Å²) in [6.07, 6.45) is 6.01. The van der Waals surface area contributed by atoms with Gasteiger partial charge in [-0.05, 0) is 67.3 Å². The van der Waals surface area contributed by atoms with Crippen molar-refractivity contribution < 1.29 is 9.15 Å². The molecule has 0 bridgehead atoms. The molecule has 3 nitrogen and oxygen atoms in total. The van der Waals surface area contributed by atoms with E-state index in [1.165, 1.54) is 19.6 Å². The van der Waals surface area contributed by atoms with Crippen LogP contribution in [-0.4, -0.2) is 5.60 Å². The lowest BCUT2D eigenvalue weighted by Gasteiger charge is -2.31. The lowest BCUT2D eigenvalue weighted by molar-refractivity contribution is 0.161. The molecule has 0 fully saturated rings. The summed E-state index contributed by atoms with van der Waals surface area (Å²) in [5.74, 6) is 0.804. The summed E-state index contributed by atoms with van der Waals surface area (Å²) >= 11 is 3.60. The van der Waals surface area contributed by atoms with Crippen molar-refractivity contribution in [1.82, 2.24) is 0 Å². The number of ether oxygens (including phenoxy) is 1. The van der Waals surface area contributed by atoms with E-state index in [9.17, 15) is 4.79 Å². The number of hydrogen-bond acceptors (Lipinski definition) is 5.